The van der Waals surface area contributed by atoms with Crippen LogP contribution in [0.25, 0.3) is 16.6 Å². The Hall–Kier alpha value is -2.50. The molecule has 3 aromatic rings. The number of nitrogens with one attached hydrogen (secondary N) is 1. The van der Waals surface area contributed by atoms with Crippen molar-refractivity contribution in [3.05, 3.63) is 80.4 Å². The van der Waals surface area contributed by atoms with E-state index in [4.69, 9.17) is 11.6 Å². The lowest BCUT2D eigenvalue weighted by atomic mass is 10.1. The van der Waals surface area contributed by atoms with Crippen LogP contribution in [-0.2, 0) is 6.54 Å². The number of rotatable bonds is 3. The second-order valence-corrected chi connectivity index (χ2v) is 7.43. The molecule has 6 heteroatoms. The lowest BCUT2D eigenvalue weighted by molar-refractivity contribution is 0.0949. The highest BCUT2D eigenvalue weighted by Crippen LogP contribution is 2.34. The molecule has 0 radical (unpaired) electrons. The topological polar surface area (TPSA) is 51.1 Å². The van der Waals surface area contributed by atoms with Gasteiger partial charge in [0, 0.05) is 33.7 Å². The summed E-state index contributed by atoms with van der Waals surface area (Å²) in [6.07, 6.45) is 1.64. The molecule has 0 aliphatic carbocycles. The average molecular weight is 383 g/mol. The van der Waals surface area contributed by atoms with Gasteiger partial charge in [0.05, 0.1) is 5.52 Å². The number of benzene rings is 2. The van der Waals surface area contributed by atoms with Crippen LogP contribution in [0.4, 0.5) is 0 Å². The summed E-state index contributed by atoms with van der Waals surface area (Å²) in [6, 6.07) is 12.8. The molecule has 0 unspecified atom stereocenters. The number of hydrogen-bond donors (Lipinski definition) is 1. The quantitative estimate of drug-likeness (QED) is 0.725. The lowest BCUT2D eigenvalue weighted by Gasteiger charge is -2.19. The molecular weight excluding hydrogens is 368 g/mol. The molecule has 2 heterocycles. The summed E-state index contributed by atoms with van der Waals surface area (Å²) in [5.74, 6) is -0.382. The second-order valence-electron chi connectivity index (χ2n) is 6.08. The molecule has 26 heavy (non-hydrogen) atoms. The standard InChI is InChI=1S/C20H15ClN2O2S/c1-12-11-26-17-4-2-3-15-18(17)23(12)10-16(19(15)24)20(25)22-9-13-5-7-14(21)8-6-13/h2-8,10-11H,9H2,1H3,(H,22,25). The first-order valence-electron chi connectivity index (χ1n) is 8.09. The summed E-state index contributed by atoms with van der Waals surface area (Å²) in [5.41, 5.74) is 2.65. The van der Waals surface area contributed by atoms with Crippen molar-refractivity contribution in [1.82, 2.24) is 9.88 Å². The molecule has 1 aliphatic rings. The number of carbonyl (C=O) groups excluding carboxylic acids is 1. The first-order valence-corrected chi connectivity index (χ1v) is 9.35. The molecule has 130 valence electrons. The second kappa shape index (κ2) is 6.67. The van der Waals surface area contributed by atoms with Gasteiger partial charge in [0.2, 0.25) is 5.43 Å². The Labute approximate surface area is 159 Å². The number of nitrogens with zero attached hydrogens (tertiary/aromatic N) is 1. The molecule has 0 spiro atoms. The van der Waals surface area contributed by atoms with Crippen LogP contribution in [0.15, 0.2) is 63.8 Å². The molecule has 4 nitrogen and oxygen atoms in total. The summed E-state index contributed by atoms with van der Waals surface area (Å²) in [7, 11) is 0. The Kier molecular flexibility index (Phi) is 4.34. The van der Waals surface area contributed by atoms with Crippen LogP contribution in [0.3, 0.4) is 0 Å². The minimum Gasteiger partial charge on any atom is -0.348 e. The van der Waals surface area contributed by atoms with E-state index in [9.17, 15) is 9.59 Å². The Morgan fingerprint density at radius 1 is 1.19 bits per heavy atom. The molecule has 2 aromatic carbocycles. The summed E-state index contributed by atoms with van der Waals surface area (Å²) >= 11 is 7.46. The molecule has 0 saturated carbocycles. The Balaban J connectivity index is 1.72. The van der Waals surface area contributed by atoms with Crippen LogP contribution in [0.5, 0.6) is 0 Å². The third kappa shape index (κ3) is 2.93. The largest absolute Gasteiger partial charge is 0.348 e. The number of amides is 1. The normalized spacial score (nSPS) is 12.8. The molecule has 1 aromatic heterocycles. The van der Waals surface area contributed by atoms with Gasteiger partial charge in [0.1, 0.15) is 5.56 Å². The van der Waals surface area contributed by atoms with Gasteiger partial charge in [-0.15, -0.1) is 0 Å². The number of aromatic nitrogens is 1. The van der Waals surface area contributed by atoms with Gasteiger partial charge >= 0.3 is 0 Å². The van der Waals surface area contributed by atoms with E-state index in [-0.39, 0.29) is 16.9 Å². The van der Waals surface area contributed by atoms with Crippen LogP contribution in [-0.4, -0.2) is 10.5 Å². The van der Waals surface area contributed by atoms with Gasteiger partial charge in [0.15, 0.2) is 0 Å². The van der Waals surface area contributed by atoms with Crippen LogP contribution < -0.4 is 10.7 Å². The first-order chi connectivity index (χ1) is 12.5. The summed E-state index contributed by atoms with van der Waals surface area (Å²) in [4.78, 5) is 26.5. The van der Waals surface area contributed by atoms with E-state index in [1.54, 1.807) is 36.2 Å². The smallest absolute Gasteiger partial charge is 0.257 e. The van der Waals surface area contributed by atoms with Crippen molar-refractivity contribution in [2.75, 3.05) is 0 Å². The molecule has 1 aliphatic heterocycles. The van der Waals surface area contributed by atoms with Gasteiger partial charge in [-0.2, -0.15) is 0 Å². The van der Waals surface area contributed by atoms with Gasteiger partial charge in [-0.1, -0.05) is 41.6 Å². The van der Waals surface area contributed by atoms with Crippen LogP contribution in [0.1, 0.15) is 22.8 Å². The van der Waals surface area contributed by atoms with Crippen molar-refractivity contribution >= 4 is 45.9 Å². The predicted octanol–water partition coefficient (Wildman–Crippen LogP) is 4.51. The van der Waals surface area contributed by atoms with Gasteiger partial charge in [-0.3, -0.25) is 9.59 Å². The number of carbonyl (C=O) groups is 1. The maximum Gasteiger partial charge on any atom is 0.257 e. The fourth-order valence-electron chi connectivity index (χ4n) is 2.97. The van der Waals surface area contributed by atoms with Crippen molar-refractivity contribution in [1.29, 1.82) is 0 Å². The molecule has 0 saturated heterocycles. The Morgan fingerprint density at radius 2 is 1.96 bits per heavy atom. The number of para-hydroxylation sites is 1. The van der Waals surface area contributed by atoms with E-state index in [0.29, 0.717) is 17.0 Å². The third-order valence-electron chi connectivity index (χ3n) is 4.33. The van der Waals surface area contributed by atoms with Crippen molar-refractivity contribution in [3.8, 4) is 0 Å². The monoisotopic (exact) mass is 382 g/mol. The van der Waals surface area contributed by atoms with E-state index in [1.165, 1.54) is 0 Å². The number of hydrogen-bond acceptors (Lipinski definition) is 3. The maximum atomic E-state index is 12.9. The van der Waals surface area contributed by atoms with Crippen LogP contribution in [0.2, 0.25) is 5.02 Å². The number of halogens is 1. The van der Waals surface area contributed by atoms with Crippen molar-refractivity contribution < 1.29 is 4.79 Å². The number of pyridine rings is 1. The molecule has 1 N–H and O–H groups in total. The third-order valence-corrected chi connectivity index (χ3v) is 5.63. The van der Waals surface area contributed by atoms with E-state index < -0.39 is 0 Å². The zero-order valence-electron chi connectivity index (χ0n) is 14.0. The highest BCUT2D eigenvalue weighted by atomic mass is 35.5. The van der Waals surface area contributed by atoms with E-state index in [0.717, 1.165) is 21.7 Å². The highest BCUT2D eigenvalue weighted by molar-refractivity contribution is 8.02. The van der Waals surface area contributed by atoms with Gasteiger partial charge in [-0.05, 0) is 42.2 Å². The van der Waals surface area contributed by atoms with Crippen LogP contribution in [0, 0.1) is 0 Å². The van der Waals surface area contributed by atoms with Crippen molar-refractivity contribution in [2.24, 2.45) is 0 Å². The number of thioether (sulfide) groups is 1. The molecule has 0 bridgehead atoms. The highest BCUT2D eigenvalue weighted by Gasteiger charge is 2.19. The van der Waals surface area contributed by atoms with E-state index >= 15 is 0 Å². The Morgan fingerprint density at radius 3 is 2.73 bits per heavy atom. The molecular formula is C20H15ClN2O2S. The zero-order chi connectivity index (χ0) is 18.3. The predicted molar refractivity (Wildman–Crippen MR) is 107 cm³/mol. The van der Waals surface area contributed by atoms with Crippen molar-refractivity contribution in [3.63, 3.8) is 0 Å². The molecule has 0 atom stereocenters. The molecule has 0 fully saturated rings. The fraction of sp³-hybridized carbons (Fsp3) is 0.100. The minimum atomic E-state index is -0.382. The summed E-state index contributed by atoms with van der Waals surface area (Å²) in [5, 5.41) is 6.03. The van der Waals surface area contributed by atoms with E-state index in [1.807, 2.05) is 41.2 Å². The molecule has 1 amide bonds. The van der Waals surface area contributed by atoms with Gasteiger partial charge in [0.25, 0.3) is 5.91 Å². The Bertz CT molecular complexity index is 1120. The van der Waals surface area contributed by atoms with Crippen molar-refractivity contribution in [2.45, 2.75) is 18.4 Å². The average Bonchev–Trinajstić information content (AvgIpc) is 2.65. The first kappa shape index (κ1) is 16.9. The minimum absolute atomic E-state index is 0.142. The zero-order valence-corrected chi connectivity index (χ0v) is 15.5. The number of allylic oxidation sites excluding steroid dienone is 1. The maximum absolute atomic E-state index is 12.9. The SMILES string of the molecule is CC1=CSc2cccc3c(=O)c(C(=O)NCc4ccc(Cl)cc4)cn1c23. The molecule has 4 rings (SSSR count). The summed E-state index contributed by atoms with van der Waals surface area (Å²) < 4.78 is 1.92. The van der Waals surface area contributed by atoms with Gasteiger partial charge in [-0.25, -0.2) is 0 Å². The van der Waals surface area contributed by atoms with E-state index in [2.05, 4.69) is 5.32 Å². The van der Waals surface area contributed by atoms with Gasteiger partial charge < -0.3 is 9.88 Å². The fourth-order valence-corrected chi connectivity index (χ4v) is 3.99. The summed E-state index contributed by atoms with van der Waals surface area (Å²) in [6.45, 7) is 2.29. The lowest BCUT2D eigenvalue weighted by Crippen LogP contribution is -2.29. The van der Waals surface area contributed by atoms with Crippen LogP contribution >= 0.6 is 23.4 Å².